The highest BCUT2D eigenvalue weighted by molar-refractivity contribution is 5.74. The van der Waals surface area contributed by atoms with Crippen molar-refractivity contribution in [2.75, 3.05) is 0 Å². The summed E-state index contributed by atoms with van der Waals surface area (Å²) in [6.07, 6.45) is 3.39. The van der Waals surface area contributed by atoms with Gasteiger partial charge >= 0.3 is 0 Å². The zero-order valence-corrected chi connectivity index (χ0v) is 10.1. The zero-order valence-electron chi connectivity index (χ0n) is 10.1. The topological polar surface area (TPSA) is 30.7 Å². The van der Waals surface area contributed by atoms with Crippen LogP contribution in [0, 0.1) is 6.92 Å². The second-order valence-corrected chi connectivity index (χ2v) is 4.16. The normalized spacial score (nSPS) is 10.5. The molecular weight excluding hydrogens is 222 g/mol. The molecule has 88 valence electrons. The summed E-state index contributed by atoms with van der Waals surface area (Å²) < 4.78 is 0. The van der Waals surface area contributed by atoms with Gasteiger partial charge in [0.05, 0.1) is 18.1 Å². The summed E-state index contributed by atoms with van der Waals surface area (Å²) in [5, 5.41) is 8.48. The van der Waals surface area contributed by atoms with Gasteiger partial charge in [0.1, 0.15) is 0 Å². The largest absolute Gasteiger partial charge is 0.157 e. The third kappa shape index (κ3) is 1.80. The first-order valence-corrected chi connectivity index (χ1v) is 5.88. The van der Waals surface area contributed by atoms with E-state index in [1.54, 1.807) is 17.2 Å². The van der Waals surface area contributed by atoms with Crippen LogP contribution in [0.2, 0.25) is 0 Å². The molecule has 2 aromatic carbocycles. The number of para-hydroxylation sites is 1. The van der Waals surface area contributed by atoms with Gasteiger partial charge in [0.25, 0.3) is 0 Å². The van der Waals surface area contributed by atoms with E-state index in [-0.39, 0.29) is 0 Å². The van der Waals surface area contributed by atoms with Crippen LogP contribution in [-0.2, 0) is 0 Å². The van der Waals surface area contributed by atoms with Crippen molar-refractivity contribution in [3.05, 3.63) is 66.5 Å². The molecule has 0 atom stereocenters. The summed E-state index contributed by atoms with van der Waals surface area (Å²) in [5.74, 6) is 0. The number of aryl methyl sites for hydroxylation is 1. The molecule has 3 heteroatoms. The fraction of sp³-hybridized carbons (Fsp3) is 0.0667. The molecule has 3 nitrogen and oxygen atoms in total. The highest BCUT2D eigenvalue weighted by Gasteiger charge is 2.10. The molecule has 1 heterocycles. The first kappa shape index (κ1) is 10.7. The van der Waals surface area contributed by atoms with Crippen LogP contribution < -0.4 is 0 Å². The van der Waals surface area contributed by atoms with Crippen LogP contribution in [0.15, 0.2) is 60.9 Å². The van der Waals surface area contributed by atoms with Crippen molar-refractivity contribution in [3.8, 4) is 16.8 Å². The van der Waals surface area contributed by atoms with Crippen LogP contribution in [0.5, 0.6) is 0 Å². The van der Waals surface area contributed by atoms with E-state index in [0.717, 1.165) is 16.8 Å². The second kappa shape index (κ2) is 4.45. The SMILES string of the molecule is Cc1cccc(-c2ccccc2)c1-n1nccn1. The van der Waals surface area contributed by atoms with Gasteiger partial charge in [-0.15, -0.1) is 0 Å². The van der Waals surface area contributed by atoms with E-state index in [2.05, 4.69) is 47.5 Å². The maximum absolute atomic E-state index is 4.24. The molecule has 0 aliphatic heterocycles. The minimum absolute atomic E-state index is 1.04. The van der Waals surface area contributed by atoms with Crippen LogP contribution in [-0.4, -0.2) is 15.0 Å². The lowest BCUT2D eigenvalue weighted by atomic mass is 10.0. The summed E-state index contributed by atoms with van der Waals surface area (Å²) in [7, 11) is 0. The van der Waals surface area contributed by atoms with Crippen molar-refractivity contribution in [1.29, 1.82) is 0 Å². The maximum atomic E-state index is 4.24. The third-order valence-electron chi connectivity index (χ3n) is 2.94. The van der Waals surface area contributed by atoms with E-state index in [4.69, 9.17) is 0 Å². The van der Waals surface area contributed by atoms with E-state index in [1.165, 1.54) is 5.56 Å². The Kier molecular flexibility index (Phi) is 2.65. The van der Waals surface area contributed by atoms with Gasteiger partial charge in [-0.05, 0) is 18.1 Å². The number of hydrogen-bond donors (Lipinski definition) is 0. The monoisotopic (exact) mass is 235 g/mol. The summed E-state index contributed by atoms with van der Waals surface area (Å²) >= 11 is 0. The predicted molar refractivity (Wildman–Crippen MR) is 71.5 cm³/mol. The average Bonchev–Trinajstić information content (AvgIpc) is 2.93. The number of aromatic nitrogens is 3. The van der Waals surface area contributed by atoms with Crippen molar-refractivity contribution < 1.29 is 0 Å². The number of rotatable bonds is 2. The molecule has 0 N–H and O–H groups in total. The lowest BCUT2D eigenvalue weighted by molar-refractivity contribution is 0.748. The Labute approximate surface area is 106 Å². The smallest absolute Gasteiger partial charge is 0.0963 e. The molecule has 0 saturated heterocycles. The lowest BCUT2D eigenvalue weighted by Crippen LogP contribution is -2.03. The van der Waals surface area contributed by atoms with E-state index >= 15 is 0 Å². The second-order valence-electron chi connectivity index (χ2n) is 4.16. The first-order valence-electron chi connectivity index (χ1n) is 5.88. The Morgan fingerprint density at radius 1 is 0.833 bits per heavy atom. The van der Waals surface area contributed by atoms with Gasteiger partial charge in [0.15, 0.2) is 0 Å². The Morgan fingerprint density at radius 3 is 2.28 bits per heavy atom. The number of nitrogens with zero attached hydrogens (tertiary/aromatic N) is 3. The molecule has 0 radical (unpaired) electrons. The molecular formula is C15H13N3. The summed E-state index contributed by atoms with van der Waals surface area (Å²) in [5.41, 5.74) is 4.52. The molecule has 0 aliphatic carbocycles. The van der Waals surface area contributed by atoms with E-state index in [9.17, 15) is 0 Å². The molecule has 1 aromatic heterocycles. The minimum atomic E-state index is 1.04. The Morgan fingerprint density at radius 2 is 1.56 bits per heavy atom. The first-order chi connectivity index (χ1) is 8.86. The number of benzene rings is 2. The molecule has 0 amide bonds. The van der Waals surface area contributed by atoms with Gasteiger partial charge in [-0.3, -0.25) is 0 Å². The zero-order chi connectivity index (χ0) is 12.4. The van der Waals surface area contributed by atoms with Crippen molar-refractivity contribution in [2.45, 2.75) is 6.92 Å². The molecule has 3 rings (SSSR count). The highest BCUT2D eigenvalue weighted by atomic mass is 15.5. The standard InChI is InChI=1S/C15H13N3/c1-12-6-5-9-14(13-7-3-2-4-8-13)15(12)18-16-10-11-17-18/h2-11H,1H3. The van der Waals surface area contributed by atoms with Crippen LogP contribution in [0.4, 0.5) is 0 Å². The fourth-order valence-electron chi connectivity index (χ4n) is 2.11. The molecule has 0 fully saturated rings. The summed E-state index contributed by atoms with van der Waals surface area (Å²) in [6.45, 7) is 2.07. The molecule has 18 heavy (non-hydrogen) atoms. The Bertz CT molecular complexity index is 643. The van der Waals surface area contributed by atoms with Crippen molar-refractivity contribution in [2.24, 2.45) is 0 Å². The van der Waals surface area contributed by atoms with Crippen molar-refractivity contribution in [3.63, 3.8) is 0 Å². The van der Waals surface area contributed by atoms with Gasteiger partial charge in [0.2, 0.25) is 0 Å². The molecule has 0 saturated carbocycles. The van der Waals surface area contributed by atoms with Gasteiger partial charge in [-0.1, -0.05) is 48.5 Å². The fourth-order valence-corrected chi connectivity index (χ4v) is 2.11. The van der Waals surface area contributed by atoms with Crippen LogP contribution >= 0.6 is 0 Å². The van der Waals surface area contributed by atoms with Gasteiger partial charge in [-0.25, -0.2) is 0 Å². The predicted octanol–water partition coefficient (Wildman–Crippen LogP) is 3.24. The van der Waals surface area contributed by atoms with E-state index in [0.29, 0.717) is 0 Å². The molecule has 0 aliphatic rings. The minimum Gasteiger partial charge on any atom is -0.157 e. The third-order valence-corrected chi connectivity index (χ3v) is 2.94. The van der Waals surface area contributed by atoms with Crippen LogP contribution in [0.1, 0.15) is 5.56 Å². The maximum Gasteiger partial charge on any atom is 0.0963 e. The van der Waals surface area contributed by atoms with Gasteiger partial charge < -0.3 is 0 Å². The molecule has 3 aromatic rings. The lowest BCUT2D eigenvalue weighted by Gasteiger charge is -2.11. The molecule has 0 bridgehead atoms. The summed E-state index contributed by atoms with van der Waals surface area (Å²) in [4.78, 5) is 1.68. The Hall–Kier alpha value is -2.42. The van der Waals surface area contributed by atoms with Gasteiger partial charge in [0, 0.05) is 5.56 Å². The Balaban J connectivity index is 2.25. The van der Waals surface area contributed by atoms with E-state index < -0.39 is 0 Å². The van der Waals surface area contributed by atoms with Crippen LogP contribution in [0.3, 0.4) is 0 Å². The van der Waals surface area contributed by atoms with Crippen molar-refractivity contribution in [1.82, 2.24) is 15.0 Å². The number of hydrogen-bond acceptors (Lipinski definition) is 2. The molecule has 0 unspecified atom stereocenters. The quantitative estimate of drug-likeness (QED) is 0.682. The van der Waals surface area contributed by atoms with Crippen molar-refractivity contribution >= 4 is 0 Å². The van der Waals surface area contributed by atoms with Crippen LogP contribution in [0.25, 0.3) is 16.8 Å². The average molecular weight is 235 g/mol. The van der Waals surface area contributed by atoms with E-state index in [1.807, 2.05) is 18.2 Å². The molecule has 0 spiro atoms. The summed E-state index contributed by atoms with van der Waals surface area (Å²) in [6, 6.07) is 16.5. The highest BCUT2D eigenvalue weighted by Crippen LogP contribution is 2.28. The van der Waals surface area contributed by atoms with Gasteiger partial charge in [-0.2, -0.15) is 15.0 Å².